The molecule has 0 saturated heterocycles. The van der Waals surface area contributed by atoms with E-state index in [-0.39, 0.29) is 16.9 Å². The second kappa shape index (κ2) is 3.50. The van der Waals surface area contributed by atoms with E-state index in [2.05, 4.69) is 10.2 Å². The predicted octanol–water partition coefficient (Wildman–Crippen LogP) is 1.08. The molecule has 2 aromatic heterocycles. The normalized spacial score (nSPS) is 11.2. The first-order valence-electron chi connectivity index (χ1n) is 4.79. The summed E-state index contributed by atoms with van der Waals surface area (Å²) in [4.78, 5) is 10.4. The van der Waals surface area contributed by atoms with E-state index in [1.54, 1.807) is 0 Å². The standard InChI is InChI=1S/C9H4ClN5O3/c10-5-1-2-6-7(3-5)13-9(12-14(6)16)8(4-11-13)15(17)18/h1-4H. The number of rotatable bonds is 1. The first kappa shape index (κ1) is 10.7. The Balaban J connectivity index is 2.54. The zero-order valence-corrected chi connectivity index (χ0v) is 9.40. The summed E-state index contributed by atoms with van der Waals surface area (Å²) < 4.78 is 1.22. The highest BCUT2D eigenvalue weighted by Gasteiger charge is 2.22. The molecule has 0 amide bonds. The van der Waals surface area contributed by atoms with Crippen LogP contribution in [-0.4, -0.2) is 19.6 Å². The van der Waals surface area contributed by atoms with Crippen molar-refractivity contribution in [2.75, 3.05) is 0 Å². The van der Waals surface area contributed by atoms with Crippen LogP contribution in [0.15, 0.2) is 24.4 Å². The van der Waals surface area contributed by atoms with Gasteiger partial charge >= 0.3 is 11.3 Å². The lowest BCUT2D eigenvalue weighted by Gasteiger charge is -2.01. The van der Waals surface area contributed by atoms with Crippen LogP contribution in [0.1, 0.15) is 0 Å². The highest BCUT2D eigenvalue weighted by Crippen LogP contribution is 2.21. The monoisotopic (exact) mass is 265 g/mol. The first-order valence-corrected chi connectivity index (χ1v) is 5.17. The van der Waals surface area contributed by atoms with Crippen molar-refractivity contribution in [3.05, 3.63) is 44.7 Å². The Labute approximate surface area is 104 Å². The van der Waals surface area contributed by atoms with Crippen molar-refractivity contribution >= 4 is 34.0 Å². The van der Waals surface area contributed by atoms with Gasteiger partial charge in [0.2, 0.25) is 0 Å². The Morgan fingerprint density at radius 1 is 1.44 bits per heavy atom. The minimum absolute atomic E-state index is 0.121. The van der Waals surface area contributed by atoms with Crippen molar-refractivity contribution < 1.29 is 9.77 Å². The van der Waals surface area contributed by atoms with Crippen molar-refractivity contribution in [2.24, 2.45) is 0 Å². The summed E-state index contributed by atoms with van der Waals surface area (Å²) in [6.07, 6.45) is 1.04. The average Bonchev–Trinajstić information content (AvgIpc) is 2.72. The molecular weight excluding hydrogens is 262 g/mol. The number of nitro groups is 1. The van der Waals surface area contributed by atoms with Crippen LogP contribution in [0, 0.1) is 15.3 Å². The smallest absolute Gasteiger partial charge is 0.339 e. The largest absolute Gasteiger partial charge is 0.594 e. The molecule has 9 heteroatoms. The van der Waals surface area contributed by atoms with Gasteiger partial charge in [-0.25, -0.2) is 0 Å². The molecule has 18 heavy (non-hydrogen) atoms. The number of halogens is 1. The molecule has 0 aliphatic heterocycles. The number of hydrogen-bond donors (Lipinski definition) is 0. The van der Waals surface area contributed by atoms with Crippen LogP contribution >= 0.6 is 11.6 Å². The summed E-state index contributed by atoms with van der Waals surface area (Å²) >= 11 is 5.83. The summed E-state index contributed by atoms with van der Waals surface area (Å²) in [7, 11) is 0. The molecule has 90 valence electrons. The van der Waals surface area contributed by atoms with E-state index in [9.17, 15) is 15.3 Å². The van der Waals surface area contributed by atoms with Crippen molar-refractivity contribution in [3.8, 4) is 0 Å². The highest BCUT2D eigenvalue weighted by atomic mass is 35.5. The Hall–Kier alpha value is -2.48. The van der Waals surface area contributed by atoms with Gasteiger partial charge in [-0.3, -0.25) is 10.1 Å². The van der Waals surface area contributed by atoms with Crippen LogP contribution in [0.5, 0.6) is 0 Å². The Morgan fingerprint density at radius 3 is 2.94 bits per heavy atom. The third kappa shape index (κ3) is 1.36. The van der Waals surface area contributed by atoms with Gasteiger partial charge in [0.25, 0.3) is 5.52 Å². The van der Waals surface area contributed by atoms with Crippen LogP contribution in [0.2, 0.25) is 5.02 Å². The maximum Gasteiger partial charge on any atom is 0.339 e. The highest BCUT2D eigenvalue weighted by molar-refractivity contribution is 6.31. The van der Waals surface area contributed by atoms with Crippen molar-refractivity contribution in [1.82, 2.24) is 14.7 Å². The molecule has 0 fully saturated rings. The van der Waals surface area contributed by atoms with E-state index < -0.39 is 4.92 Å². The Bertz CT molecular complexity index is 800. The van der Waals surface area contributed by atoms with Gasteiger partial charge in [-0.2, -0.15) is 9.61 Å². The van der Waals surface area contributed by atoms with Gasteiger partial charge in [-0.15, -0.1) is 0 Å². The average molecular weight is 266 g/mol. The summed E-state index contributed by atoms with van der Waals surface area (Å²) in [5.74, 6) is 0. The SMILES string of the molecule is O=[N+]([O-])c1cnn2c1n[n+]([O-])c1ccc(Cl)cc12. The fourth-order valence-corrected chi connectivity index (χ4v) is 1.87. The van der Waals surface area contributed by atoms with Gasteiger partial charge in [0.15, 0.2) is 0 Å². The molecule has 0 atom stereocenters. The fraction of sp³-hybridized carbons (Fsp3) is 0. The minimum atomic E-state index is -0.647. The van der Waals surface area contributed by atoms with Gasteiger partial charge in [-0.1, -0.05) is 11.6 Å². The Morgan fingerprint density at radius 2 is 2.22 bits per heavy atom. The minimum Gasteiger partial charge on any atom is -0.594 e. The molecule has 0 bridgehead atoms. The lowest BCUT2D eigenvalue weighted by atomic mass is 10.3. The van der Waals surface area contributed by atoms with Crippen molar-refractivity contribution in [3.63, 3.8) is 0 Å². The molecule has 8 nitrogen and oxygen atoms in total. The second-order valence-electron chi connectivity index (χ2n) is 3.53. The molecule has 1 aromatic carbocycles. The van der Waals surface area contributed by atoms with Gasteiger partial charge in [-0.05, 0) is 17.0 Å². The van der Waals surface area contributed by atoms with Crippen LogP contribution in [0.25, 0.3) is 16.7 Å². The molecule has 0 N–H and O–H groups in total. The van der Waals surface area contributed by atoms with Gasteiger partial charge in [0.05, 0.1) is 4.92 Å². The van der Waals surface area contributed by atoms with Gasteiger partial charge in [0, 0.05) is 16.2 Å². The molecule has 2 heterocycles. The molecule has 0 saturated carbocycles. The van der Waals surface area contributed by atoms with Crippen LogP contribution < -0.4 is 4.85 Å². The van der Waals surface area contributed by atoms with E-state index in [0.717, 1.165) is 6.20 Å². The van der Waals surface area contributed by atoms with E-state index in [1.807, 2.05) is 0 Å². The number of aromatic nitrogens is 4. The molecule has 3 aromatic rings. The van der Waals surface area contributed by atoms with E-state index >= 15 is 0 Å². The zero-order chi connectivity index (χ0) is 12.9. The van der Waals surface area contributed by atoms with Gasteiger partial charge in [0.1, 0.15) is 11.7 Å². The quantitative estimate of drug-likeness (QED) is 0.284. The number of fused-ring (bicyclic) bond motifs is 3. The number of hydrogen-bond acceptors (Lipinski definition) is 5. The summed E-state index contributed by atoms with van der Waals surface area (Å²) in [6, 6.07) is 4.50. The molecule has 0 aliphatic rings. The number of benzene rings is 1. The molecular formula is C9H4ClN5O3. The fourth-order valence-electron chi connectivity index (χ4n) is 1.70. The topological polar surface area (TPSA) is 100 Å². The van der Waals surface area contributed by atoms with Crippen molar-refractivity contribution in [2.45, 2.75) is 0 Å². The summed E-state index contributed by atoms with van der Waals surface area (Å²) in [6.45, 7) is 0. The molecule has 0 aliphatic carbocycles. The third-order valence-electron chi connectivity index (χ3n) is 2.48. The van der Waals surface area contributed by atoms with E-state index in [4.69, 9.17) is 11.6 Å². The van der Waals surface area contributed by atoms with Crippen LogP contribution in [-0.2, 0) is 0 Å². The maximum absolute atomic E-state index is 11.7. The third-order valence-corrected chi connectivity index (χ3v) is 2.71. The first-order chi connectivity index (χ1) is 8.58. The molecule has 0 spiro atoms. The van der Waals surface area contributed by atoms with Crippen molar-refractivity contribution in [1.29, 1.82) is 0 Å². The molecule has 3 rings (SSSR count). The van der Waals surface area contributed by atoms with E-state index in [1.165, 1.54) is 22.7 Å². The molecule has 0 unspecified atom stereocenters. The summed E-state index contributed by atoms with van der Waals surface area (Å²) in [5, 5.41) is 30.3. The predicted molar refractivity (Wildman–Crippen MR) is 61.1 cm³/mol. The lowest BCUT2D eigenvalue weighted by molar-refractivity contribution is -0.640. The zero-order valence-electron chi connectivity index (χ0n) is 8.65. The van der Waals surface area contributed by atoms with Crippen LogP contribution in [0.3, 0.4) is 0 Å². The lowest BCUT2D eigenvalue weighted by Crippen LogP contribution is -2.33. The number of nitrogens with zero attached hydrogens (tertiary/aromatic N) is 5. The second-order valence-corrected chi connectivity index (χ2v) is 3.96. The summed E-state index contributed by atoms with van der Waals surface area (Å²) in [5.41, 5.74) is 0.131. The maximum atomic E-state index is 11.7. The van der Waals surface area contributed by atoms with E-state index in [0.29, 0.717) is 15.4 Å². The van der Waals surface area contributed by atoms with Gasteiger partial charge < -0.3 is 5.21 Å². The Kier molecular flexibility index (Phi) is 2.08. The molecule has 0 radical (unpaired) electrons. The van der Waals surface area contributed by atoms with Crippen LogP contribution in [0.4, 0.5) is 5.69 Å².